The second-order valence-corrected chi connectivity index (χ2v) is 5.86. The minimum Gasteiger partial charge on any atom is -0.496 e. The van der Waals surface area contributed by atoms with Gasteiger partial charge in [-0.1, -0.05) is 48.0 Å². The molecule has 2 rings (SSSR count). The number of benzene rings is 2. The number of amides is 2. The standard InChI is InChI=1S/C19H21ClN2O4/c1-25-16-10-6-3-7-13(16)11-21-18(23)19(24)22-12-17(26-2)14-8-4-5-9-15(14)20/h3-10,17H,11-12H2,1-2H3,(H,21,23)(H,22,24). The van der Waals surface area contributed by atoms with Crippen LogP contribution in [0.1, 0.15) is 17.2 Å². The molecule has 0 radical (unpaired) electrons. The highest BCUT2D eigenvalue weighted by molar-refractivity contribution is 6.35. The molecular weight excluding hydrogens is 356 g/mol. The van der Waals surface area contributed by atoms with Crippen molar-refractivity contribution >= 4 is 23.4 Å². The molecule has 2 amide bonds. The SMILES string of the molecule is COc1ccccc1CNC(=O)C(=O)NCC(OC)c1ccccc1Cl. The van der Waals surface area contributed by atoms with Gasteiger partial charge in [-0.05, 0) is 12.1 Å². The average Bonchev–Trinajstić information content (AvgIpc) is 2.67. The highest BCUT2D eigenvalue weighted by Crippen LogP contribution is 2.24. The van der Waals surface area contributed by atoms with Crippen LogP contribution in [-0.4, -0.2) is 32.6 Å². The van der Waals surface area contributed by atoms with E-state index in [2.05, 4.69) is 10.6 Å². The molecule has 1 unspecified atom stereocenters. The number of rotatable bonds is 7. The number of carbonyl (C=O) groups is 2. The summed E-state index contributed by atoms with van der Waals surface area (Å²) in [6.07, 6.45) is -0.449. The number of hydrogen-bond acceptors (Lipinski definition) is 4. The highest BCUT2D eigenvalue weighted by Gasteiger charge is 2.18. The number of methoxy groups -OCH3 is 2. The predicted molar refractivity (Wildman–Crippen MR) is 99.1 cm³/mol. The number of carbonyl (C=O) groups excluding carboxylic acids is 2. The first-order valence-electron chi connectivity index (χ1n) is 8.02. The van der Waals surface area contributed by atoms with Gasteiger partial charge in [-0.2, -0.15) is 0 Å². The lowest BCUT2D eigenvalue weighted by Crippen LogP contribution is -2.41. The maximum atomic E-state index is 12.0. The van der Waals surface area contributed by atoms with E-state index in [9.17, 15) is 9.59 Å². The predicted octanol–water partition coefficient (Wildman–Crippen LogP) is 2.47. The van der Waals surface area contributed by atoms with Gasteiger partial charge >= 0.3 is 11.8 Å². The van der Waals surface area contributed by atoms with Crippen molar-refractivity contribution < 1.29 is 19.1 Å². The van der Waals surface area contributed by atoms with Gasteiger partial charge in [0.05, 0.1) is 7.11 Å². The summed E-state index contributed by atoms with van der Waals surface area (Å²) in [4.78, 5) is 24.0. The first kappa shape index (κ1) is 19.8. The molecule has 0 spiro atoms. The molecule has 0 fully saturated rings. The van der Waals surface area contributed by atoms with Crippen molar-refractivity contribution in [3.8, 4) is 5.75 Å². The van der Waals surface area contributed by atoms with Crippen molar-refractivity contribution in [2.45, 2.75) is 12.6 Å². The molecule has 0 aromatic heterocycles. The summed E-state index contributed by atoms with van der Waals surface area (Å²) in [6, 6.07) is 14.4. The Morgan fingerprint density at radius 1 is 1.00 bits per heavy atom. The van der Waals surface area contributed by atoms with E-state index in [1.54, 1.807) is 19.2 Å². The summed E-state index contributed by atoms with van der Waals surface area (Å²) in [6.45, 7) is 0.315. The smallest absolute Gasteiger partial charge is 0.309 e. The van der Waals surface area contributed by atoms with Gasteiger partial charge in [-0.25, -0.2) is 0 Å². The Balaban J connectivity index is 1.88. The summed E-state index contributed by atoms with van der Waals surface area (Å²) in [5, 5.41) is 5.66. The first-order chi connectivity index (χ1) is 12.6. The van der Waals surface area contributed by atoms with Crippen molar-refractivity contribution in [1.29, 1.82) is 0 Å². The third kappa shape index (κ3) is 5.21. The number of nitrogens with one attached hydrogen (secondary N) is 2. The minimum absolute atomic E-state index is 0.126. The van der Waals surface area contributed by atoms with Gasteiger partial charge in [0.15, 0.2) is 0 Å². The lowest BCUT2D eigenvalue weighted by atomic mass is 10.1. The fraction of sp³-hybridized carbons (Fsp3) is 0.263. The van der Waals surface area contributed by atoms with E-state index in [0.717, 1.165) is 11.1 Å². The molecule has 2 aromatic carbocycles. The van der Waals surface area contributed by atoms with E-state index in [1.807, 2.05) is 36.4 Å². The second-order valence-electron chi connectivity index (χ2n) is 5.45. The van der Waals surface area contributed by atoms with E-state index in [1.165, 1.54) is 7.11 Å². The molecule has 0 aliphatic heterocycles. The van der Waals surface area contributed by atoms with Gasteiger partial charge in [0.1, 0.15) is 11.9 Å². The Bertz CT molecular complexity index is 767. The average molecular weight is 377 g/mol. The van der Waals surface area contributed by atoms with Gasteiger partial charge in [0.25, 0.3) is 0 Å². The van der Waals surface area contributed by atoms with Crippen molar-refractivity contribution in [3.63, 3.8) is 0 Å². The van der Waals surface area contributed by atoms with Crippen LogP contribution in [0.4, 0.5) is 0 Å². The Labute approximate surface area is 157 Å². The van der Waals surface area contributed by atoms with Gasteiger partial charge < -0.3 is 20.1 Å². The number of ether oxygens (including phenoxy) is 2. The van der Waals surface area contributed by atoms with Crippen LogP contribution in [0.3, 0.4) is 0 Å². The molecule has 7 heteroatoms. The maximum absolute atomic E-state index is 12.0. The van der Waals surface area contributed by atoms with Crippen LogP contribution in [0.2, 0.25) is 5.02 Å². The summed E-state index contributed by atoms with van der Waals surface area (Å²) >= 11 is 6.14. The van der Waals surface area contributed by atoms with Crippen LogP contribution in [0.25, 0.3) is 0 Å². The Morgan fingerprint density at radius 2 is 1.65 bits per heavy atom. The first-order valence-corrected chi connectivity index (χ1v) is 8.39. The molecule has 2 N–H and O–H groups in total. The Hall–Kier alpha value is -2.57. The summed E-state index contributed by atoms with van der Waals surface area (Å²) in [5.41, 5.74) is 1.52. The van der Waals surface area contributed by atoms with Gasteiger partial charge in [-0.3, -0.25) is 9.59 Å². The van der Waals surface area contributed by atoms with E-state index in [4.69, 9.17) is 21.1 Å². The summed E-state index contributed by atoms with van der Waals surface area (Å²) < 4.78 is 10.6. The van der Waals surface area contributed by atoms with E-state index < -0.39 is 17.9 Å². The molecule has 0 bridgehead atoms. The lowest BCUT2D eigenvalue weighted by Gasteiger charge is -2.17. The van der Waals surface area contributed by atoms with E-state index >= 15 is 0 Å². The van der Waals surface area contributed by atoms with Gasteiger partial charge in [0.2, 0.25) is 0 Å². The van der Waals surface area contributed by atoms with E-state index in [-0.39, 0.29) is 13.1 Å². The third-order valence-electron chi connectivity index (χ3n) is 3.82. The monoisotopic (exact) mass is 376 g/mol. The summed E-state index contributed by atoms with van der Waals surface area (Å²) in [5.74, 6) is -0.828. The molecule has 0 aliphatic carbocycles. The normalized spacial score (nSPS) is 11.5. The van der Waals surface area contributed by atoms with Crippen LogP contribution < -0.4 is 15.4 Å². The number of halogens is 1. The highest BCUT2D eigenvalue weighted by atomic mass is 35.5. The minimum atomic E-state index is -0.742. The topological polar surface area (TPSA) is 76.7 Å². The molecule has 6 nitrogen and oxygen atoms in total. The fourth-order valence-electron chi connectivity index (χ4n) is 2.43. The van der Waals surface area contributed by atoms with E-state index in [0.29, 0.717) is 10.8 Å². The quantitative estimate of drug-likeness (QED) is 0.728. The van der Waals surface area contributed by atoms with Crippen LogP contribution in [0.15, 0.2) is 48.5 Å². The zero-order valence-corrected chi connectivity index (χ0v) is 15.4. The molecular formula is C19H21ClN2O4. The molecule has 0 saturated carbocycles. The van der Waals surface area contributed by atoms with Gasteiger partial charge in [0, 0.05) is 36.3 Å². The Kier molecular flexibility index (Phi) is 7.44. The molecule has 2 aromatic rings. The molecule has 0 heterocycles. The maximum Gasteiger partial charge on any atom is 0.309 e. The second kappa shape index (κ2) is 9.79. The van der Waals surface area contributed by atoms with Crippen LogP contribution in [-0.2, 0) is 20.9 Å². The van der Waals surface area contributed by atoms with Crippen LogP contribution in [0.5, 0.6) is 5.75 Å². The number of para-hydroxylation sites is 1. The molecule has 1 atom stereocenters. The van der Waals surface area contributed by atoms with Crippen LogP contribution >= 0.6 is 11.6 Å². The zero-order chi connectivity index (χ0) is 18.9. The molecule has 0 aliphatic rings. The van der Waals surface area contributed by atoms with Crippen molar-refractivity contribution in [2.75, 3.05) is 20.8 Å². The Morgan fingerprint density at radius 3 is 2.35 bits per heavy atom. The largest absolute Gasteiger partial charge is 0.496 e. The third-order valence-corrected chi connectivity index (χ3v) is 4.17. The van der Waals surface area contributed by atoms with Gasteiger partial charge in [-0.15, -0.1) is 0 Å². The van der Waals surface area contributed by atoms with Crippen molar-refractivity contribution in [3.05, 3.63) is 64.7 Å². The molecule has 0 saturated heterocycles. The van der Waals surface area contributed by atoms with Crippen LogP contribution in [0, 0.1) is 0 Å². The molecule has 26 heavy (non-hydrogen) atoms. The number of hydrogen-bond donors (Lipinski definition) is 2. The molecule has 138 valence electrons. The lowest BCUT2D eigenvalue weighted by molar-refractivity contribution is -0.139. The van der Waals surface area contributed by atoms with Crippen molar-refractivity contribution in [2.24, 2.45) is 0 Å². The zero-order valence-electron chi connectivity index (χ0n) is 14.6. The van der Waals surface area contributed by atoms with Crippen molar-refractivity contribution in [1.82, 2.24) is 10.6 Å². The summed E-state index contributed by atoms with van der Waals surface area (Å²) in [7, 11) is 3.06. The fourth-order valence-corrected chi connectivity index (χ4v) is 2.68.